The van der Waals surface area contributed by atoms with Crippen LogP contribution in [0.25, 0.3) is 11.1 Å². The molecule has 0 saturated heterocycles. The topological polar surface area (TPSA) is 154 Å². The lowest BCUT2D eigenvalue weighted by Crippen LogP contribution is -2.42. The number of rotatable bonds is 15. The Bertz CT molecular complexity index is 1360. The molecule has 0 amide bonds. The second-order valence-electron chi connectivity index (χ2n) is 9.97. The summed E-state index contributed by atoms with van der Waals surface area (Å²) in [6, 6.07) is 27.2. The van der Waals surface area contributed by atoms with Crippen LogP contribution in [-0.4, -0.2) is 82.2 Å². The van der Waals surface area contributed by atoms with Crippen molar-refractivity contribution in [3.8, 4) is 11.5 Å². The summed E-state index contributed by atoms with van der Waals surface area (Å²) in [7, 11) is 1.69. The lowest BCUT2D eigenvalue weighted by molar-refractivity contribution is -0.170. The minimum Gasteiger partial charge on any atom is -0.497 e. The molecule has 10 nitrogen and oxygen atoms in total. The number of methoxy groups -OCH3 is 1. The molecule has 0 fully saturated rings. The van der Waals surface area contributed by atoms with Crippen molar-refractivity contribution in [2.75, 3.05) is 33.4 Å². The van der Waals surface area contributed by atoms with Crippen molar-refractivity contribution in [2.24, 2.45) is 0 Å². The molecule has 0 radical (unpaired) electrons. The maximum atomic E-state index is 10.3. The third-order valence-electron chi connectivity index (χ3n) is 6.96. The smallest absolute Gasteiger partial charge is 0.336 e. The summed E-state index contributed by atoms with van der Waals surface area (Å²) < 4.78 is 11.3. The number of hydrogen-bond donors (Lipinski definition) is 4. The Morgan fingerprint density at radius 3 is 1.61 bits per heavy atom. The van der Waals surface area contributed by atoms with E-state index in [0.717, 1.165) is 36.7 Å². The van der Waals surface area contributed by atoms with Gasteiger partial charge in [0.15, 0.2) is 5.60 Å². The maximum absolute atomic E-state index is 10.3. The number of carboxylic acid groups (broad SMARTS) is 3. The van der Waals surface area contributed by atoms with Crippen LogP contribution in [0.2, 0.25) is 0 Å². The number of aliphatic hydroxyl groups is 1. The predicted molar refractivity (Wildman–Crippen MR) is 168 cm³/mol. The fourth-order valence-electron chi connectivity index (χ4n) is 4.45. The first-order valence-corrected chi connectivity index (χ1v) is 14.2. The molecule has 0 aliphatic heterocycles. The van der Waals surface area contributed by atoms with E-state index in [9.17, 15) is 14.4 Å². The Balaban J connectivity index is 0.000000439. The van der Waals surface area contributed by atoms with Crippen LogP contribution < -0.4 is 9.47 Å². The van der Waals surface area contributed by atoms with Gasteiger partial charge in [0, 0.05) is 6.54 Å². The zero-order valence-corrected chi connectivity index (χ0v) is 25.5. The summed E-state index contributed by atoms with van der Waals surface area (Å²) in [4.78, 5) is 32.8. The van der Waals surface area contributed by atoms with E-state index < -0.39 is 36.4 Å². The minimum absolute atomic E-state index is 0.700. The molecule has 0 spiro atoms. The molecule has 4 N–H and O–H groups in total. The van der Waals surface area contributed by atoms with Gasteiger partial charge in [-0.1, -0.05) is 68.4 Å². The Morgan fingerprint density at radius 1 is 0.727 bits per heavy atom. The Labute approximate surface area is 257 Å². The number of carboxylic acids is 3. The van der Waals surface area contributed by atoms with E-state index in [1.165, 1.54) is 22.3 Å². The molecule has 0 heterocycles. The van der Waals surface area contributed by atoms with Crippen molar-refractivity contribution in [3.05, 3.63) is 95.6 Å². The molecule has 0 atom stereocenters. The van der Waals surface area contributed by atoms with Crippen molar-refractivity contribution in [2.45, 2.75) is 39.2 Å². The largest absolute Gasteiger partial charge is 0.497 e. The highest BCUT2D eigenvalue weighted by Crippen LogP contribution is 2.33. The molecule has 3 rings (SSSR count). The number of likely N-dealkylation sites (N-methyl/N-ethyl adjacent to an activating group) is 1. The van der Waals surface area contributed by atoms with Crippen LogP contribution in [0.1, 0.15) is 50.3 Å². The molecule has 0 aliphatic rings. The lowest BCUT2D eigenvalue weighted by atomic mass is 9.90. The Hall–Kier alpha value is -4.67. The second kappa shape index (κ2) is 17.4. The first-order chi connectivity index (χ1) is 20.9. The van der Waals surface area contributed by atoms with Crippen molar-refractivity contribution < 1.29 is 44.3 Å². The van der Waals surface area contributed by atoms with E-state index in [1.54, 1.807) is 7.11 Å². The fraction of sp³-hybridized carbons (Fsp3) is 0.324. The summed E-state index contributed by atoms with van der Waals surface area (Å²) in [6.07, 6.45) is -2.29. The molecular weight excluding hydrogens is 566 g/mol. The van der Waals surface area contributed by atoms with Gasteiger partial charge in [-0.2, -0.15) is 0 Å². The average Bonchev–Trinajstić information content (AvgIpc) is 3.00. The van der Waals surface area contributed by atoms with Gasteiger partial charge in [0.1, 0.15) is 18.1 Å². The fourth-order valence-corrected chi connectivity index (χ4v) is 4.45. The SMILES string of the molecule is CCN(CC)CCOc1ccc(/C(=C(/C)c2ccccc2)c2ccc(OC)cc2)cc1.O=C(O)CC(O)(CC(=O)O)C(=O)O. The minimum atomic E-state index is -2.74. The van der Waals surface area contributed by atoms with E-state index in [4.69, 9.17) is 29.9 Å². The Morgan fingerprint density at radius 2 is 1.20 bits per heavy atom. The summed E-state index contributed by atoms with van der Waals surface area (Å²) in [5, 5.41) is 33.8. The van der Waals surface area contributed by atoms with Crippen LogP contribution >= 0.6 is 0 Å². The number of nitrogens with zero attached hydrogens (tertiary/aromatic N) is 1. The highest BCUT2D eigenvalue weighted by atomic mass is 16.5. The first kappa shape index (κ1) is 35.5. The van der Waals surface area contributed by atoms with Crippen LogP contribution in [-0.2, 0) is 14.4 Å². The normalized spacial score (nSPS) is 11.6. The quantitative estimate of drug-likeness (QED) is 0.171. The molecule has 0 aliphatic carbocycles. The highest BCUT2D eigenvalue weighted by Gasteiger charge is 2.40. The van der Waals surface area contributed by atoms with E-state index in [1.807, 2.05) is 18.2 Å². The van der Waals surface area contributed by atoms with E-state index >= 15 is 0 Å². The molecular formula is C34H41NO9. The average molecular weight is 608 g/mol. The lowest BCUT2D eigenvalue weighted by Gasteiger charge is -2.18. The van der Waals surface area contributed by atoms with Crippen LogP contribution in [0.3, 0.4) is 0 Å². The first-order valence-electron chi connectivity index (χ1n) is 14.2. The van der Waals surface area contributed by atoms with Gasteiger partial charge in [-0.3, -0.25) is 9.59 Å². The van der Waals surface area contributed by atoms with Crippen molar-refractivity contribution in [1.82, 2.24) is 4.90 Å². The number of aliphatic carboxylic acids is 3. The summed E-state index contributed by atoms with van der Waals surface area (Å²) >= 11 is 0. The van der Waals surface area contributed by atoms with E-state index in [2.05, 4.69) is 86.3 Å². The molecule has 3 aromatic carbocycles. The summed E-state index contributed by atoms with van der Waals surface area (Å²) in [5.74, 6) is -3.26. The number of hydrogen-bond acceptors (Lipinski definition) is 7. The molecule has 0 saturated carbocycles. The molecule has 236 valence electrons. The second-order valence-corrected chi connectivity index (χ2v) is 9.97. The monoisotopic (exact) mass is 607 g/mol. The van der Waals surface area contributed by atoms with Gasteiger partial charge >= 0.3 is 17.9 Å². The van der Waals surface area contributed by atoms with E-state index in [-0.39, 0.29) is 0 Å². The van der Waals surface area contributed by atoms with Gasteiger partial charge in [-0.05, 0) is 72.1 Å². The molecule has 0 aromatic heterocycles. The molecule has 44 heavy (non-hydrogen) atoms. The van der Waals surface area contributed by atoms with Gasteiger partial charge in [0.25, 0.3) is 0 Å². The number of allylic oxidation sites excluding steroid dienone is 1. The summed E-state index contributed by atoms with van der Waals surface area (Å²) in [6.45, 7) is 10.3. The number of carbonyl (C=O) groups is 3. The Kier molecular flexibility index (Phi) is 14.1. The van der Waals surface area contributed by atoms with Crippen LogP contribution in [0.5, 0.6) is 11.5 Å². The number of ether oxygens (including phenoxy) is 2. The third-order valence-corrected chi connectivity index (χ3v) is 6.96. The molecule has 0 bridgehead atoms. The predicted octanol–water partition coefficient (Wildman–Crippen LogP) is 5.15. The summed E-state index contributed by atoms with van der Waals surface area (Å²) in [5.41, 5.74) is 3.26. The van der Waals surface area contributed by atoms with Gasteiger partial charge in [-0.25, -0.2) is 4.79 Å². The van der Waals surface area contributed by atoms with Crippen LogP contribution in [0, 0.1) is 0 Å². The standard InChI is InChI=1S/C28H33NO2.C6H8O7/c1-5-29(6-2)20-21-31-27-18-14-25(15-19-27)28(22(3)23-10-8-7-9-11-23)24-12-16-26(30-4)17-13-24;7-3(8)1-6(13,5(11)12)2-4(9)10/h7-19H,5-6,20-21H2,1-4H3;13H,1-2H2,(H,7,8)(H,9,10)(H,11,12)/b28-22-;. The third kappa shape index (κ3) is 10.9. The van der Waals surface area contributed by atoms with Gasteiger partial charge in [0.2, 0.25) is 0 Å². The number of benzene rings is 3. The maximum Gasteiger partial charge on any atom is 0.336 e. The van der Waals surface area contributed by atoms with Crippen LogP contribution in [0.15, 0.2) is 78.9 Å². The molecule has 10 heteroatoms. The zero-order chi connectivity index (χ0) is 32.7. The molecule has 0 unspecified atom stereocenters. The van der Waals surface area contributed by atoms with Crippen molar-refractivity contribution in [1.29, 1.82) is 0 Å². The van der Waals surface area contributed by atoms with Crippen molar-refractivity contribution in [3.63, 3.8) is 0 Å². The van der Waals surface area contributed by atoms with E-state index in [0.29, 0.717) is 6.61 Å². The van der Waals surface area contributed by atoms with Gasteiger partial charge in [-0.15, -0.1) is 0 Å². The van der Waals surface area contributed by atoms with Crippen molar-refractivity contribution >= 4 is 29.1 Å². The molecule has 3 aromatic rings. The van der Waals surface area contributed by atoms with Gasteiger partial charge in [0.05, 0.1) is 20.0 Å². The van der Waals surface area contributed by atoms with Gasteiger partial charge < -0.3 is 34.8 Å². The highest BCUT2D eigenvalue weighted by molar-refractivity contribution is 5.98. The van der Waals surface area contributed by atoms with Crippen LogP contribution in [0.4, 0.5) is 0 Å². The zero-order valence-electron chi connectivity index (χ0n) is 25.5.